The third-order valence-corrected chi connectivity index (χ3v) is 4.45. The summed E-state index contributed by atoms with van der Waals surface area (Å²) >= 11 is 0. The second-order valence-corrected chi connectivity index (χ2v) is 7.07. The lowest BCUT2D eigenvalue weighted by molar-refractivity contribution is 0.102. The molecule has 0 aliphatic carbocycles. The molecule has 31 heavy (non-hydrogen) atoms. The van der Waals surface area contributed by atoms with Crippen molar-refractivity contribution in [3.8, 4) is 11.5 Å². The van der Waals surface area contributed by atoms with Crippen molar-refractivity contribution < 1.29 is 9.53 Å². The highest BCUT2D eigenvalue weighted by Gasteiger charge is 2.08. The molecule has 0 saturated carbocycles. The van der Waals surface area contributed by atoms with Gasteiger partial charge >= 0.3 is 0 Å². The number of hydrogen-bond acceptors (Lipinski definition) is 5. The summed E-state index contributed by atoms with van der Waals surface area (Å²) in [5, 5.41) is 6.06. The number of para-hydroxylation sites is 1. The van der Waals surface area contributed by atoms with Gasteiger partial charge in [0.2, 0.25) is 5.95 Å². The standard InChI is InChI=1S/C25H22N4O2/c1-17-15-18(2)27-25(26-17)29-21-8-6-7-19(16-21)24(30)28-20-11-13-23(14-12-20)31-22-9-4-3-5-10-22/h3-16H,1-2H3,(H,28,30)(H,26,27,29). The van der Waals surface area contributed by atoms with Crippen molar-refractivity contribution in [3.63, 3.8) is 0 Å². The van der Waals surface area contributed by atoms with Gasteiger partial charge in [-0.2, -0.15) is 0 Å². The maximum Gasteiger partial charge on any atom is 0.255 e. The van der Waals surface area contributed by atoms with Crippen LogP contribution in [-0.2, 0) is 0 Å². The maximum absolute atomic E-state index is 12.7. The number of benzene rings is 3. The average molecular weight is 410 g/mol. The van der Waals surface area contributed by atoms with E-state index in [-0.39, 0.29) is 5.91 Å². The first kappa shape index (κ1) is 20.1. The van der Waals surface area contributed by atoms with Gasteiger partial charge in [0.25, 0.3) is 5.91 Å². The van der Waals surface area contributed by atoms with Gasteiger partial charge in [-0.25, -0.2) is 9.97 Å². The molecule has 0 saturated heterocycles. The fourth-order valence-electron chi connectivity index (χ4n) is 3.08. The Labute approximate surface area is 181 Å². The zero-order valence-electron chi connectivity index (χ0n) is 17.3. The Morgan fingerprint density at radius 2 is 1.42 bits per heavy atom. The van der Waals surface area contributed by atoms with Crippen molar-refractivity contribution in [2.45, 2.75) is 13.8 Å². The number of carbonyl (C=O) groups excluding carboxylic acids is 1. The highest BCUT2D eigenvalue weighted by molar-refractivity contribution is 6.04. The number of aryl methyl sites for hydroxylation is 2. The molecular formula is C25H22N4O2. The second-order valence-electron chi connectivity index (χ2n) is 7.07. The first-order chi connectivity index (χ1) is 15.0. The van der Waals surface area contributed by atoms with Gasteiger partial charge in [0.1, 0.15) is 11.5 Å². The Balaban J connectivity index is 1.42. The summed E-state index contributed by atoms with van der Waals surface area (Å²) in [7, 11) is 0. The minimum atomic E-state index is -0.207. The Kier molecular flexibility index (Phi) is 5.89. The fraction of sp³-hybridized carbons (Fsp3) is 0.0800. The van der Waals surface area contributed by atoms with Crippen LogP contribution in [0.1, 0.15) is 21.7 Å². The maximum atomic E-state index is 12.7. The number of rotatable bonds is 6. The molecule has 1 amide bonds. The van der Waals surface area contributed by atoms with Crippen LogP contribution in [0, 0.1) is 13.8 Å². The molecular weight excluding hydrogens is 388 g/mol. The Morgan fingerprint density at radius 3 is 2.13 bits per heavy atom. The lowest BCUT2D eigenvalue weighted by Crippen LogP contribution is -2.12. The van der Waals surface area contributed by atoms with Crippen molar-refractivity contribution in [1.29, 1.82) is 0 Å². The largest absolute Gasteiger partial charge is 0.457 e. The van der Waals surface area contributed by atoms with Crippen LogP contribution in [0.4, 0.5) is 17.3 Å². The van der Waals surface area contributed by atoms with Crippen molar-refractivity contribution in [2.75, 3.05) is 10.6 Å². The Hall–Kier alpha value is -4.19. The summed E-state index contributed by atoms with van der Waals surface area (Å²) in [5.74, 6) is 1.76. The molecule has 2 N–H and O–H groups in total. The molecule has 1 aromatic heterocycles. The van der Waals surface area contributed by atoms with Crippen molar-refractivity contribution in [3.05, 3.63) is 102 Å². The Morgan fingerprint density at radius 1 is 0.742 bits per heavy atom. The van der Waals surface area contributed by atoms with E-state index in [1.165, 1.54) is 0 Å². The van der Waals surface area contributed by atoms with Crippen LogP contribution in [0.3, 0.4) is 0 Å². The zero-order valence-corrected chi connectivity index (χ0v) is 17.3. The van der Waals surface area contributed by atoms with E-state index in [2.05, 4.69) is 20.6 Å². The molecule has 6 heteroatoms. The van der Waals surface area contributed by atoms with Crippen molar-refractivity contribution >= 4 is 23.2 Å². The van der Waals surface area contributed by atoms with E-state index >= 15 is 0 Å². The normalized spacial score (nSPS) is 10.4. The van der Waals surface area contributed by atoms with Gasteiger partial charge < -0.3 is 15.4 Å². The predicted octanol–water partition coefficient (Wildman–Crippen LogP) is 5.88. The smallest absolute Gasteiger partial charge is 0.255 e. The van der Waals surface area contributed by atoms with E-state index in [4.69, 9.17) is 4.74 Å². The zero-order chi connectivity index (χ0) is 21.6. The van der Waals surface area contributed by atoms with Gasteiger partial charge in [0.15, 0.2) is 0 Å². The molecule has 1 heterocycles. The van der Waals surface area contributed by atoms with E-state index < -0.39 is 0 Å². The molecule has 0 aliphatic rings. The van der Waals surface area contributed by atoms with Gasteiger partial charge in [-0.05, 0) is 74.5 Å². The number of aromatic nitrogens is 2. The van der Waals surface area contributed by atoms with Crippen LogP contribution in [0.25, 0.3) is 0 Å². The molecule has 0 unspecified atom stereocenters. The van der Waals surface area contributed by atoms with E-state index in [0.29, 0.717) is 22.9 Å². The van der Waals surface area contributed by atoms with Gasteiger partial charge in [0, 0.05) is 28.3 Å². The van der Waals surface area contributed by atoms with E-state index in [9.17, 15) is 4.79 Å². The molecule has 0 bridgehead atoms. The SMILES string of the molecule is Cc1cc(C)nc(Nc2cccc(C(=O)Nc3ccc(Oc4ccccc4)cc3)c2)n1. The Bertz CT molecular complexity index is 1170. The minimum Gasteiger partial charge on any atom is -0.457 e. The summed E-state index contributed by atoms with van der Waals surface area (Å²) in [5.41, 5.74) is 3.71. The number of nitrogens with zero attached hydrogens (tertiary/aromatic N) is 2. The molecule has 0 aliphatic heterocycles. The number of anilines is 3. The van der Waals surface area contributed by atoms with Crippen LogP contribution in [0.2, 0.25) is 0 Å². The number of carbonyl (C=O) groups is 1. The quantitative estimate of drug-likeness (QED) is 0.415. The van der Waals surface area contributed by atoms with Gasteiger partial charge in [-0.3, -0.25) is 4.79 Å². The average Bonchev–Trinajstić information content (AvgIpc) is 2.75. The molecule has 4 aromatic rings. The molecule has 0 radical (unpaired) electrons. The highest BCUT2D eigenvalue weighted by atomic mass is 16.5. The van der Waals surface area contributed by atoms with Crippen LogP contribution >= 0.6 is 0 Å². The summed E-state index contributed by atoms with van der Waals surface area (Å²) in [4.78, 5) is 21.5. The molecule has 154 valence electrons. The summed E-state index contributed by atoms with van der Waals surface area (Å²) in [6, 6.07) is 25.9. The second kappa shape index (κ2) is 9.09. The fourth-order valence-corrected chi connectivity index (χ4v) is 3.08. The topological polar surface area (TPSA) is 76.1 Å². The van der Waals surface area contributed by atoms with Crippen LogP contribution in [0.15, 0.2) is 84.9 Å². The van der Waals surface area contributed by atoms with Gasteiger partial charge in [-0.15, -0.1) is 0 Å². The van der Waals surface area contributed by atoms with Crippen molar-refractivity contribution in [2.24, 2.45) is 0 Å². The number of nitrogens with one attached hydrogen (secondary N) is 2. The molecule has 0 fully saturated rings. The predicted molar refractivity (Wildman–Crippen MR) is 122 cm³/mol. The van der Waals surface area contributed by atoms with Crippen LogP contribution in [0.5, 0.6) is 11.5 Å². The molecule has 0 spiro atoms. The van der Waals surface area contributed by atoms with Crippen LogP contribution in [-0.4, -0.2) is 15.9 Å². The number of amides is 1. The monoisotopic (exact) mass is 410 g/mol. The van der Waals surface area contributed by atoms with Gasteiger partial charge in [-0.1, -0.05) is 24.3 Å². The molecule has 3 aromatic carbocycles. The van der Waals surface area contributed by atoms with Gasteiger partial charge in [0.05, 0.1) is 0 Å². The highest BCUT2D eigenvalue weighted by Crippen LogP contribution is 2.23. The first-order valence-electron chi connectivity index (χ1n) is 9.89. The first-order valence-corrected chi connectivity index (χ1v) is 9.89. The summed E-state index contributed by atoms with van der Waals surface area (Å²) in [6.07, 6.45) is 0. The lowest BCUT2D eigenvalue weighted by Gasteiger charge is -2.10. The third-order valence-electron chi connectivity index (χ3n) is 4.45. The van der Waals surface area contributed by atoms with E-state index in [1.807, 2.05) is 86.6 Å². The lowest BCUT2D eigenvalue weighted by atomic mass is 10.2. The number of hydrogen-bond donors (Lipinski definition) is 2. The summed E-state index contributed by atoms with van der Waals surface area (Å²) < 4.78 is 5.78. The molecule has 6 nitrogen and oxygen atoms in total. The number of ether oxygens (including phenoxy) is 1. The summed E-state index contributed by atoms with van der Waals surface area (Å²) in [6.45, 7) is 3.83. The molecule has 4 rings (SSSR count). The molecule has 0 atom stereocenters. The minimum absolute atomic E-state index is 0.207. The van der Waals surface area contributed by atoms with Crippen LogP contribution < -0.4 is 15.4 Å². The van der Waals surface area contributed by atoms with E-state index in [1.54, 1.807) is 12.1 Å². The van der Waals surface area contributed by atoms with E-state index in [0.717, 1.165) is 22.8 Å². The third kappa shape index (κ3) is 5.45. The van der Waals surface area contributed by atoms with Crippen molar-refractivity contribution in [1.82, 2.24) is 9.97 Å².